The number of hydrogen-bond donors (Lipinski definition) is 1. The lowest BCUT2D eigenvalue weighted by molar-refractivity contribution is -0.145. The molecule has 3 amide bonds. The summed E-state index contributed by atoms with van der Waals surface area (Å²) in [5.74, 6) is -0.684. The van der Waals surface area contributed by atoms with Gasteiger partial charge in [-0.1, -0.05) is 51.5 Å². The second kappa shape index (κ2) is 14.4. The maximum atomic E-state index is 13.5. The van der Waals surface area contributed by atoms with E-state index in [1.165, 1.54) is 11.1 Å². The van der Waals surface area contributed by atoms with Crippen molar-refractivity contribution in [2.24, 2.45) is 0 Å². The Bertz CT molecular complexity index is 1210. The van der Waals surface area contributed by atoms with Crippen LogP contribution in [0.2, 0.25) is 0 Å². The van der Waals surface area contributed by atoms with E-state index in [9.17, 15) is 23.2 Å². The molecule has 0 aromatic heterocycles. The van der Waals surface area contributed by atoms with Crippen LogP contribution in [0.1, 0.15) is 62.3 Å². The van der Waals surface area contributed by atoms with Crippen LogP contribution in [0.5, 0.6) is 0 Å². The van der Waals surface area contributed by atoms with Crippen molar-refractivity contribution in [1.82, 2.24) is 15.3 Å². The molecule has 0 spiro atoms. The number of unbranched alkanes of at least 4 members (excludes halogenated alkanes) is 2. The van der Waals surface area contributed by atoms with Crippen molar-refractivity contribution in [3.8, 4) is 0 Å². The predicted molar refractivity (Wildman–Crippen MR) is 158 cm³/mol. The van der Waals surface area contributed by atoms with Gasteiger partial charge in [-0.25, -0.2) is 13.8 Å². The lowest BCUT2D eigenvalue weighted by Crippen LogP contribution is -2.48. The molecule has 10 heteroatoms. The fourth-order valence-corrected chi connectivity index (χ4v) is 5.37. The van der Waals surface area contributed by atoms with Crippen molar-refractivity contribution in [2.45, 2.75) is 72.9 Å². The third-order valence-electron chi connectivity index (χ3n) is 7.63. The number of carbonyl (C=O) groups is 3. The van der Waals surface area contributed by atoms with Crippen molar-refractivity contribution < 1.29 is 23.2 Å². The van der Waals surface area contributed by atoms with Gasteiger partial charge in [-0.2, -0.15) is 0 Å². The highest BCUT2D eigenvalue weighted by atomic mass is 19.3. The Morgan fingerprint density at radius 2 is 1.71 bits per heavy atom. The molecule has 224 valence electrons. The van der Waals surface area contributed by atoms with Gasteiger partial charge in [0.05, 0.1) is 19.6 Å². The number of carbonyl (C=O) groups excluding carboxylic acids is 3. The molecule has 0 saturated heterocycles. The first kappa shape index (κ1) is 32.0. The molecular weight excluding hydrogens is 528 g/mol. The number of likely N-dealkylation sites (N-methyl/N-ethyl adjacent to an activating group) is 1. The summed E-state index contributed by atoms with van der Waals surface area (Å²) >= 11 is 0. The van der Waals surface area contributed by atoms with E-state index in [4.69, 9.17) is 0 Å². The van der Waals surface area contributed by atoms with Crippen LogP contribution in [0, 0.1) is 6.92 Å². The van der Waals surface area contributed by atoms with Gasteiger partial charge < -0.3 is 15.1 Å². The minimum absolute atomic E-state index is 0. The molecule has 2 aromatic carbocycles. The molecule has 41 heavy (non-hydrogen) atoms. The quantitative estimate of drug-likeness (QED) is 0.375. The molecule has 0 radical (unpaired) electrons. The van der Waals surface area contributed by atoms with E-state index >= 15 is 0 Å². The number of alkyl halides is 2. The molecule has 2 heterocycles. The van der Waals surface area contributed by atoms with E-state index in [0.29, 0.717) is 43.0 Å². The maximum absolute atomic E-state index is 13.5. The summed E-state index contributed by atoms with van der Waals surface area (Å²) in [5, 5.41) is 6.54. The average molecular weight is 572 g/mol. The van der Waals surface area contributed by atoms with E-state index in [1.807, 2.05) is 30.1 Å². The van der Waals surface area contributed by atoms with Crippen molar-refractivity contribution in [1.29, 1.82) is 0 Å². The first-order chi connectivity index (χ1) is 19.2. The molecule has 2 aromatic rings. The predicted octanol–water partition coefficient (Wildman–Crippen LogP) is 4.68. The SMILES string of the molecule is C.CCCCCNC(=O)CN(CC(=O)N(C)N1Cc2ccccc2C1)c1cc2c(cc1C)N(CC(F)F)C(=O)CC2. The largest absolute Gasteiger partial charge is 0.355 e. The molecular formula is C31H43F2N5O3. The number of amides is 3. The minimum Gasteiger partial charge on any atom is -0.355 e. The monoisotopic (exact) mass is 571 g/mol. The third-order valence-corrected chi connectivity index (χ3v) is 7.63. The van der Waals surface area contributed by atoms with Crippen molar-refractivity contribution in [3.05, 3.63) is 58.7 Å². The smallest absolute Gasteiger partial charge is 0.256 e. The van der Waals surface area contributed by atoms with Crippen LogP contribution >= 0.6 is 0 Å². The van der Waals surface area contributed by atoms with Crippen molar-refractivity contribution in [2.75, 3.05) is 43.0 Å². The molecule has 0 atom stereocenters. The van der Waals surface area contributed by atoms with Crippen molar-refractivity contribution >= 4 is 29.1 Å². The summed E-state index contributed by atoms with van der Waals surface area (Å²) in [5.41, 5.74) is 4.97. The molecule has 1 N–H and O–H groups in total. The second-order valence-electron chi connectivity index (χ2n) is 10.6. The molecule has 2 aliphatic heterocycles. The van der Waals surface area contributed by atoms with Gasteiger partial charge in [0, 0.05) is 44.5 Å². The van der Waals surface area contributed by atoms with Crippen LogP contribution in [-0.2, 0) is 33.9 Å². The average Bonchev–Trinajstić information content (AvgIpc) is 3.36. The molecule has 2 aliphatic rings. The third kappa shape index (κ3) is 7.81. The molecule has 0 saturated carbocycles. The Hall–Kier alpha value is -3.53. The van der Waals surface area contributed by atoms with Gasteiger partial charge in [0.1, 0.15) is 0 Å². The Morgan fingerprint density at radius 3 is 2.34 bits per heavy atom. The fourth-order valence-electron chi connectivity index (χ4n) is 5.37. The number of halogens is 2. The minimum atomic E-state index is -2.65. The van der Waals surface area contributed by atoms with Crippen molar-refractivity contribution in [3.63, 3.8) is 0 Å². The standard InChI is InChI=1S/C30H39F2N5O3.CH4/c1-4-5-8-13-33-28(38)19-35(20-30(40)34(3)36-16-23-9-6-7-10-24(23)17-36)25-15-22-11-12-29(39)37(18-27(31)32)26(22)14-21(25)2;/h6-7,9-10,14-15,27H,4-5,8,11-13,16-20H2,1-3H3,(H,33,38);1H4. The number of hydrazine groups is 1. The van der Waals surface area contributed by atoms with Gasteiger partial charge in [0.2, 0.25) is 11.8 Å². The second-order valence-corrected chi connectivity index (χ2v) is 10.6. The Morgan fingerprint density at radius 1 is 1.02 bits per heavy atom. The molecule has 0 bridgehead atoms. The molecule has 0 unspecified atom stereocenters. The van der Waals surface area contributed by atoms with Crippen LogP contribution in [0.15, 0.2) is 36.4 Å². The van der Waals surface area contributed by atoms with Gasteiger partial charge in [-0.3, -0.25) is 19.4 Å². The van der Waals surface area contributed by atoms with E-state index in [0.717, 1.165) is 29.7 Å². The highest BCUT2D eigenvalue weighted by Crippen LogP contribution is 2.35. The molecule has 4 rings (SSSR count). The van der Waals surface area contributed by atoms with Gasteiger partial charge >= 0.3 is 0 Å². The number of aryl methyl sites for hydroxylation is 2. The van der Waals surface area contributed by atoms with Gasteiger partial charge in [0.15, 0.2) is 0 Å². The molecule has 8 nitrogen and oxygen atoms in total. The zero-order chi connectivity index (χ0) is 28.8. The molecule has 0 aliphatic carbocycles. The Labute approximate surface area is 242 Å². The Kier molecular flexibility index (Phi) is 11.2. The topological polar surface area (TPSA) is 76.2 Å². The number of anilines is 2. The van der Waals surface area contributed by atoms with E-state index < -0.39 is 13.0 Å². The van der Waals surface area contributed by atoms with Crippen LogP contribution in [0.4, 0.5) is 20.2 Å². The van der Waals surface area contributed by atoms with Gasteiger partial charge in [-0.15, -0.1) is 0 Å². The highest BCUT2D eigenvalue weighted by molar-refractivity contribution is 5.97. The zero-order valence-corrected chi connectivity index (χ0v) is 23.6. The maximum Gasteiger partial charge on any atom is 0.256 e. The van der Waals surface area contributed by atoms with E-state index in [2.05, 4.69) is 24.4 Å². The lowest BCUT2D eigenvalue weighted by Gasteiger charge is -2.34. The first-order valence-electron chi connectivity index (χ1n) is 14.0. The number of benzene rings is 2. The number of rotatable bonds is 12. The number of hydrogen-bond acceptors (Lipinski definition) is 5. The summed E-state index contributed by atoms with van der Waals surface area (Å²) < 4.78 is 26.5. The lowest BCUT2D eigenvalue weighted by atomic mass is 9.97. The van der Waals surface area contributed by atoms with E-state index in [-0.39, 0.29) is 44.7 Å². The van der Waals surface area contributed by atoms with E-state index in [1.54, 1.807) is 23.0 Å². The van der Waals surface area contributed by atoms with Crippen LogP contribution in [0.25, 0.3) is 0 Å². The summed E-state index contributed by atoms with van der Waals surface area (Å²) in [6.07, 6.45) is 0.847. The molecule has 0 fully saturated rings. The normalized spacial score (nSPS) is 14.4. The van der Waals surface area contributed by atoms with Crippen LogP contribution < -0.4 is 15.1 Å². The number of fused-ring (bicyclic) bond motifs is 2. The summed E-state index contributed by atoms with van der Waals surface area (Å²) in [7, 11) is 1.74. The van der Waals surface area contributed by atoms with Crippen LogP contribution in [0.3, 0.4) is 0 Å². The fraction of sp³-hybridized carbons (Fsp3) is 0.516. The number of nitrogens with zero attached hydrogens (tertiary/aromatic N) is 4. The van der Waals surface area contributed by atoms with Gasteiger partial charge in [0.25, 0.3) is 12.3 Å². The Balaban J connectivity index is 0.00000462. The van der Waals surface area contributed by atoms with Crippen LogP contribution in [-0.4, -0.2) is 67.4 Å². The highest BCUT2D eigenvalue weighted by Gasteiger charge is 2.30. The summed E-state index contributed by atoms with van der Waals surface area (Å²) in [6.45, 7) is 5.01. The number of nitrogens with one attached hydrogen (secondary N) is 1. The summed E-state index contributed by atoms with van der Waals surface area (Å²) in [6, 6.07) is 11.7. The van der Waals surface area contributed by atoms with Gasteiger partial charge in [-0.05, 0) is 54.2 Å². The first-order valence-corrected chi connectivity index (χ1v) is 14.0. The zero-order valence-electron chi connectivity index (χ0n) is 23.6. The summed E-state index contributed by atoms with van der Waals surface area (Å²) in [4.78, 5) is 41.8.